The zero-order valence-corrected chi connectivity index (χ0v) is 10.5. The monoisotopic (exact) mass is 267 g/mol. The molecule has 0 radical (unpaired) electrons. The van der Waals surface area contributed by atoms with E-state index in [1.54, 1.807) is 5.38 Å². The molecular formula is C13H11F2NOS. The first-order chi connectivity index (χ1) is 8.59. The van der Waals surface area contributed by atoms with Crippen molar-refractivity contribution in [3.63, 3.8) is 0 Å². The van der Waals surface area contributed by atoms with Crippen LogP contribution in [0.25, 0.3) is 0 Å². The number of halogens is 2. The second-order valence-corrected chi connectivity index (χ2v) is 4.73. The van der Waals surface area contributed by atoms with Gasteiger partial charge in [-0.25, -0.2) is 8.78 Å². The summed E-state index contributed by atoms with van der Waals surface area (Å²) in [5, 5.41) is 4.31. The van der Waals surface area contributed by atoms with Gasteiger partial charge in [0.05, 0.1) is 4.88 Å². The molecule has 0 unspecified atom stereocenters. The molecule has 0 atom stereocenters. The lowest BCUT2D eigenvalue weighted by molar-refractivity contribution is 0.0954. The number of thiophene rings is 1. The summed E-state index contributed by atoms with van der Waals surface area (Å²) >= 11 is 1.30. The van der Waals surface area contributed by atoms with E-state index in [1.807, 2.05) is 13.0 Å². The fraction of sp³-hybridized carbons (Fsp3) is 0.154. The van der Waals surface area contributed by atoms with E-state index in [9.17, 15) is 13.6 Å². The van der Waals surface area contributed by atoms with Gasteiger partial charge in [0.1, 0.15) is 11.6 Å². The highest BCUT2D eigenvalue weighted by atomic mass is 32.1. The van der Waals surface area contributed by atoms with Crippen LogP contribution >= 0.6 is 11.3 Å². The molecule has 0 aliphatic rings. The van der Waals surface area contributed by atoms with Gasteiger partial charge in [0.2, 0.25) is 0 Å². The summed E-state index contributed by atoms with van der Waals surface area (Å²) in [6.45, 7) is 1.66. The van der Waals surface area contributed by atoms with E-state index in [0.717, 1.165) is 5.56 Å². The standard InChI is InChI=1S/C13H11F2NOS/c1-8-5-6-18-12(8)13(17)16-7-9-10(14)3-2-4-11(9)15/h2-6H,7H2,1H3,(H,16,17). The van der Waals surface area contributed by atoms with Gasteiger partial charge in [0.15, 0.2) is 0 Å². The molecule has 1 heterocycles. The Kier molecular flexibility index (Phi) is 3.72. The highest BCUT2D eigenvalue weighted by Crippen LogP contribution is 2.16. The third-order valence-corrected chi connectivity index (χ3v) is 3.57. The molecular weight excluding hydrogens is 256 g/mol. The summed E-state index contributed by atoms with van der Waals surface area (Å²) in [7, 11) is 0. The number of benzene rings is 1. The molecule has 0 bridgehead atoms. The topological polar surface area (TPSA) is 29.1 Å². The predicted octanol–water partition coefficient (Wildman–Crippen LogP) is 3.26. The summed E-state index contributed by atoms with van der Waals surface area (Å²) in [6, 6.07) is 5.45. The Morgan fingerprint density at radius 2 is 1.94 bits per heavy atom. The lowest BCUT2D eigenvalue weighted by Crippen LogP contribution is -2.23. The van der Waals surface area contributed by atoms with Crippen LogP contribution in [0, 0.1) is 18.6 Å². The van der Waals surface area contributed by atoms with Crippen molar-refractivity contribution in [3.8, 4) is 0 Å². The highest BCUT2D eigenvalue weighted by molar-refractivity contribution is 7.12. The fourth-order valence-corrected chi connectivity index (χ4v) is 2.40. The molecule has 1 aromatic heterocycles. The summed E-state index contributed by atoms with van der Waals surface area (Å²) < 4.78 is 26.7. The van der Waals surface area contributed by atoms with Crippen molar-refractivity contribution in [2.45, 2.75) is 13.5 Å². The van der Waals surface area contributed by atoms with Gasteiger partial charge in [-0.3, -0.25) is 4.79 Å². The molecule has 94 valence electrons. The average Bonchev–Trinajstić information content (AvgIpc) is 2.74. The molecule has 1 amide bonds. The van der Waals surface area contributed by atoms with E-state index < -0.39 is 11.6 Å². The quantitative estimate of drug-likeness (QED) is 0.908. The van der Waals surface area contributed by atoms with Crippen LogP contribution in [-0.4, -0.2) is 5.91 Å². The number of nitrogens with one attached hydrogen (secondary N) is 1. The second-order valence-electron chi connectivity index (χ2n) is 3.82. The van der Waals surface area contributed by atoms with Gasteiger partial charge in [0.25, 0.3) is 5.91 Å². The molecule has 0 saturated carbocycles. The van der Waals surface area contributed by atoms with E-state index in [1.165, 1.54) is 29.5 Å². The molecule has 2 rings (SSSR count). The first kappa shape index (κ1) is 12.7. The lowest BCUT2D eigenvalue weighted by Gasteiger charge is -2.06. The molecule has 2 nitrogen and oxygen atoms in total. The van der Waals surface area contributed by atoms with Crippen LogP contribution in [0.15, 0.2) is 29.6 Å². The number of hydrogen-bond donors (Lipinski definition) is 1. The lowest BCUT2D eigenvalue weighted by atomic mass is 10.2. The Labute approximate surface area is 107 Å². The molecule has 0 aliphatic heterocycles. The van der Waals surface area contributed by atoms with Gasteiger partial charge in [-0.1, -0.05) is 6.07 Å². The van der Waals surface area contributed by atoms with E-state index in [0.29, 0.717) is 4.88 Å². The Bertz CT molecular complexity index is 560. The largest absolute Gasteiger partial charge is 0.347 e. The molecule has 18 heavy (non-hydrogen) atoms. The van der Waals surface area contributed by atoms with Gasteiger partial charge in [-0.15, -0.1) is 11.3 Å². The van der Waals surface area contributed by atoms with Crippen molar-refractivity contribution in [2.75, 3.05) is 0 Å². The zero-order valence-electron chi connectivity index (χ0n) is 9.67. The first-order valence-corrected chi connectivity index (χ1v) is 6.22. The molecule has 0 aliphatic carbocycles. The first-order valence-electron chi connectivity index (χ1n) is 5.35. The predicted molar refractivity (Wildman–Crippen MR) is 66.6 cm³/mol. The van der Waals surface area contributed by atoms with Gasteiger partial charge in [0, 0.05) is 12.1 Å². The normalized spacial score (nSPS) is 10.4. The van der Waals surface area contributed by atoms with Crippen LogP contribution in [0.1, 0.15) is 20.8 Å². The summed E-state index contributed by atoms with van der Waals surface area (Å²) in [5.41, 5.74) is 0.728. The molecule has 1 N–H and O–H groups in total. The Morgan fingerprint density at radius 1 is 1.28 bits per heavy atom. The molecule has 0 saturated heterocycles. The van der Waals surface area contributed by atoms with Crippen LogP contribution < -0.4 is 5.32 Å². The molecule has 5 heteroatoms. The number of amides is 1. The highest BCUT2D eigenvalue weighted by Gasteiger charge is 2.13. The van der Waals surface area contributed by atoms with Crippen molar-refractivity contribution >= 4 is 17.2 Å². The van der Waals surface area contributed by atoms with Crippen LogP contribution in [-0.2, 0) is 6.54 Å². The Balaban J connectivity index is 2.09. The van der Waals surface area contributed by atoms with Crippen molar-refractivity contribution < 1.29 is 13.6 Å². The Hall–Kier alpha value is -1.75. The van der Waals surface area contributed by atoms with Crippen LogP contribution in [0.4, 0.5) is 8.78 Å². The van der Waals surface area contributed by atoms with E-state index in [4.69, 9.17) is 0 Å². The maximum Gasteiger partial charge on any atom is 0.261 e. The van der Waals surface area contributed by atoms with Crippen LogP contribution in [0.5, 0.6) is 0 Å². The SMILES string of the molecule is Cc1ccsc1C(=O)NCc1c(F)cccc1F. The number of aryl methyl sites for hydroxylation is 1. The summed E-state index contributed by atoms with van der Waals surface area (Å²) in [4.78, 5) is 12.3. The van der Waals surface area contributed by atoms with E-state index >= 15 is 0 Å². The van der Waals surface area contributed by atoms with Crippen LogP contribution in [0.3, 0.4) is 0 Å². The van der Waals surface area contributed by atoms with Crippen molar-refractivity contribution in [2.24, 2.45) is 0 Å². The Morgan fingerprint density at radius 3 is 2.50 bits per heavy atom. The number of rotatable bonds is 3. The smallest absolute Gasteiger partial charge is 0.261 e. The van der Waals surface area contributed by atoms with E-state index in [2.05, 4.69) is 5.32 Å². The van der Waals surface area contributed by atoms with E-state index in [-0.39, 0.29) is 18.0 Å². The summed E-state index contributed by atoms with van der Waals surface area (Å²) in [6.07, 6.45) is 0. The maximum atomic E-state index is 13.3. The maximum absolute atomic E-state index is 13.3. The van der Waals surface area contributed by atoms with Crippen molar-refractivity contribution in [1.29, 1.82) is 0 Å². The van der Waals surface area contributed by atoms with Gasteiger partial charge in [-0.05, 0) is 36.1 Å². The number of carbonyl (C=O) groups excluding carboxylic acids is 1. The number of hydrogen-bond acceptors (Lipinski definition) is 2. The van der Waals surface area contributed by atoms with Crippen molar-refractivity contribution in [1.82, 2.24) is 5.32 Å². The molecule has 1 aromatic carbocycles. The van der Waals surface area contributed by atoms with Gasteiger partial charge in [-0.2, -0.15) is 0 Å². The summed E-state index contributed by atoms with van der Waals surface area (Å²) in [5.74, 6) is -1.62. The molecule has 0 fully saturated rings. The minimum absolute atomic E-state index is 0.125. The number of carbonyl (C=O) groups is 1. The van der Waals surface area contributed by atoms with Crippen LogP contribution in [0.2, 0.25) is 0 Å². The molecule has 2 aromatic rings. The third-order valence-electron chi connectivity index (χ3n) is 2.56. The second kappa shape index (κ2) is 5.27. The minimum atomic E-state index is -0.654. The fourth-order valence-electron chi connectivity index (χ4n) is 1.56. The van der Waals surface area contributed by atoms with Gasteiger partial charge < -0.3 is 5.32 Å². The average molecular weight is 267 g/mol. The third kappa shape index (κ3) is 2.56. The minimum Gasteiger partial charge on any atom is -0.347 e. The van der Waals surface area contributed by atoms with Gasteiger partial charge >= 0.3 is 0 Å². The zero-order chi connectivity index (χ0) is 13.1. The van der Waals surface area contributed by atoms with Crippen molar-refractivity contribution in [3.05, 3.63) is 57.3 Å². The molecule has 0 spiro atoms.